The molecule has 0 amide bonds. The summed E-state index contributed by atoms with van der Waals surface area (Å²) in [5.74, 6) is 1.28. The average molecular weight is 358 g/mol. The van der Waals surface area contributed by atoms with Crippen LogP contribution in [0.2, 0.25) is 0 Å². The van der Waals surface area contributed by atoms with E-state index in [1.165, 1.54) is 0 Å². The zero-order chi connectivity index (χ0) is 19.1. The molecule has 0 aromatic heterocycles. The fourth-order valence-electron chi connectivity index (χ4n) is 2.63. The Bertz CT molecular complexity index is 926. The standard InChI is InChI=1S/C24H22O3/c1-18-8-12-21(13-9-18)22(25)14-10-19-11-15-23(24(16-19)26-2)27-17-20-6-4-3-5-7-20/h3-16H,17H2,1-2H3/b14-10+. The Kier molecular flexibility index (Phi) is 6.06. The number of benzene rings is 3. The maximum absolute atomic E-state index is 12.3. The smallest absolute Gasteiger partial charge is 0.185 e. The van der Waals surface area contributed by atoms with Gasteiger partial charge in [-0.3, -0.25) is 4.79 Å². The van der Waals surface area contributed by atoms with E-state index in [0.29, 0.717) is 23.7 Å². The molecule has 0 aliphatic rings. The number of hydrogen-bond acceptors (Lipinski definition) is 3. The summed E-state index contributed by atoms with van der Waals surface area (Å²) in [6, 6.07) is 23.1. The van der Waals surface area contributed by atoms with Crippen molar-refractivity contribution in [1.29, 1.82) is 0 Å². The van der Waals surface area contributed by atoms with Gasteiger partial charge in [0.1, 0.15) is 6.61 Å². The van der Waals surface area contributed by atoms with Crippen LogP contribution in [0.1, 0.15) is 27.0 Å². The molecule has 0 saturated carbocycles. The quantitative estimate of drug-likeness (QED) is 0.414. The number of ketones is 1. The molecule has 0 bridgehead atoms. The van der Waals surface area contributed by atoms with Gasteiger partial charge in [-0.2, -0.15) is 0 Å². The highest BCUT2D eigenvalue weighted by molar-refractivity contribution is 6.06. The second-order valence-corrected chi connectivity index (χ2v) is 6.25. The SMILES string of the molecule is COc1cc(/C=C/C(=O)c2ccc(C)cc2)ccc1OCc1ccccc1. The van der Waals surface area contributed by atoms with Gasteiger partial charge >= 0.3 is 0 Å². The summed E-state index contributed by atoms with van der Waals surface area (Å²) in [4.78, 5) is 12.3. The van der Waals surface area contributed by atoms with Crippen molar-refractivity contribution in [2.45, 2.75) is 13.5 Å². The van der Waals surface area contributed by atoms with Crippen molar-refractivity contribution < 1.29 is 14.3 Å². The maximum Gasteiger partial charge on any atom is 0.185 e. The van der Waals surface area contributed by atoms with Crippen LogP contribution in [0.3, 0.4) is 0 Å². The molecule has 3 rings (SSSR count). The predicted molar refractivity (Wildman–Crippen MR) is 108 cm³/mol. The van der Waals surface area contributed by atoms with Crippen LogP contribution < -0.4 is 9.47 Å². The first-order chi connectivity index (χ1) is 13.2. The van der Waals surface area contributed by atoms with Crippen molar-refractivity contribution in [2.75, 3.05) is 7.11 Å². The highest BCUT2D eigenvalue weighted by Crippen LogP contribution is 2.29. The topological polar surface area (TPSA) is 35.5 Å². The fourth-order valence-corrected chi connectivity index (χ4v) is 2.63. The van der Waals surface area contributed by atoms with Crippen LogP contribution in [0.25, 0.3) is 6.08 Å². The van der Waals surface area contributed by atoms with Crippen LogP contribution in [-0.2, 0) is 6.61 Å². The molecule has 0 aliphatic heterocycles. The fraction of sp³-hybridized carbons (Fsp3) is 0.125. The summed E-state index contributed by atoms with van der Waals surface area (Å²) in [7, 11) is 1.61. The summed E-state index contributed by atoms with van der Waals surface area (Å²) < 4.78 is 11.3. The zero-order valence-electron chi connectivity index (χ0n) is 15.5. The lowest BCUT2D eigenvalue weighted by atomic mass is 10.1. The molecule has 0 spiro atoms. The van der Waals surface area contributed by atoms with E-state index in [4.69, 9.17) is 9.47 Å². The molecule has 3 aromatic rings. The van der Waals surface area contributed by atoms with Crippen molar-refractivity contribution in [2.24, 2.45) is 0 Å². The van der Waals surface area contributed by atoms with Crippen LogP contribution in [0.4, 0.5) is 0 Å². The third-order valence-electron chi connectivity index (χ3n) is 4.19. The van der Waals surface area contributed by atoms with E-state index in [9.17, 15) is 4.79 Å². The van der Waals surface area contributed by atoms with Gasteiger partial charge < -0.3 is 9.47 Å². The Labute approximate surface area is 159 Å². The summed E-state index contributed by atoms with van der Waals surface area (Å²) in [5, 5.41) is 0. The van der Waals surface area contributed by atoms with Gasteiger partial charge in [0.25, 0.3) is 0 Å². The van der Waals surface area contributed by atoms with E-state index in [0.717, 1.165) is 16.7 Å². The molecule has 136 valence electrons. The molecule has 0 N–H and O–H groups in total. The molecular weight excluding hydrogens is 336 g/mol. The van der Waals surface area contributed by atoms with Crippen LogP contribution in [0.15, 0.2) is 78.9 Å². The number of hydrogen-bond donors (Lipinski definition) is 0. The third-order valence-corrected chi connectivity index (χ3v) is 4.19. The molecule has 0 unspecified atom stereocenters. The summed E-state index contributed by atoms with van der Waals surface area (Å²) in [6.45, 7) is 2.47. The Morgan fingerprint density at radius 1 is 0.926 bits per heavy atom. The molecule has 0 fully saturated rings. The lowest BCUT2D eigenvalue weighted by molar-refractivity contribution is 0.104. The lowest BCUT2D eigenvalue weighted by Crippen LogP contribution is -1.98. The van der Waals surface area contributed by atoms with Gasteiger partial charge in [-0.1, -0.05) is 72.3 Å². The van der Waals surface area contributed by atoms with E-state index < -0.39 is 0 Å². The van der Waals surface area contributed by atoms with E-state index in [1.807, 2.05) is 79.7 Å². The number of carbonyl (C=O) groups excluding carboxylic acids is 1. The van der Waals surface area contributed by atoms with Crippen molar-refractivity contribution in [3.05, 3.63) is 101 Å². The van der Waals surface area contributed by atoms with Gasteiger partial charge in [0.15, 0.2) is 17.3 Å². The second-order valence-electron chi connectivity index (χ2n) is 6.25. The molecule has 0 aliphatic carbocycles. The molecule has 0 atom stereocenters. The number of aryl methyl sites for hydroxylation is 1. The normalized spacial score (nSPS) is 10.7. The van der Waals surface area contributed by atoms with Gasteiger partial charge in [0, 0.05) is 5.56 Å². The maximum atomic E-state index is 12.3. The largest absolute Gasteiger partial charge is 0.493 e. The molecule has 0 saturated heterocycles. The van der Waals surface area contributed by atoms with Gasteiger partial charge in [-0.15, -0.1) is 0 Å². The second kappa shape index (κ2) is 8.86. The molecule has 0 heterocycles. The zero-order valence-corrected chi connectivity index (χ0v) is 15.5. The first-order valence-electron chi connectivity index (χ1n) is 8.79. The highest BCUT2D eigenvalue weighted by Gasteiger charge is 2.06. The molecule has 3 aromatic carbocycles. The Balaban J connectivity index is 1.69. The van der Waals surface area contributed by atoms with E-state index in [2.05, 4.69) is 0 Å². The van der Waals surface area contributed by atoms with Crippen LogP contribution >= 0.6 is 0 Å². The molecule has 0 radical (unpaired) electrons. The van der Waals surface area contributed by atoms with Crippen LogP contribution in [0, 0.1) is 6.92 Å². The minimum atomic E-state index is -0.0293. The minimum Gasteiger partial charge on any atom is -0.493 e. The number of methoxy groups -OCH3 is 1. The van der Waals surface area contributed by atoms with Crippen molar-refractivity contribution in [1.82, 2.24) is 0 Å². The molecule has 3 heteroatoms. The van der Waals surface area contributed by atoms with Crippen LogP contribution in [-0.4, -0.2) is 12.9 Å². The van der Waals surface area contributed by atoms with Gasteiger partial charge in [0.05, 0.1) is 7.11 Å². The van der Waals surface area contributed by atoms with E-state index in [-0.39, 0.29) is 5.78 Å². The highest BCUT2D eigenvalue weighted by atomic mass is 16.5. The summed E-state index contributed by atoms with van der Waals surface area (Å²) in [5.41, 5.74) is 3.77. The average Bonchev–Trinajstić information content (AvgIpc) is 2.72. The number of allylic oxidation sites excluding steroid dienone is 1. The minimum absolute atomic E-state index is 0.0293. The Morgan fingerprint density at radius 2 is 1.67 bits per heavy atom. The van der Waals surface area contributed by atoms with Gasteiger partial charge in [-0.25, -0.2) is 0 Å². The first kappa shape index (κ1) is 18.5. The van der Waals surface area contributed by atoms with Crippen molar-refractivity contribution in [3.8, 4) is 11.5 Å². The molecule has 27 heavy (non-hydrogen) atoms. The van der Waals surface area contributed by atoms with Gasteiger partial charge in [0.2, 0.25) is 0 Å². The Hall–Kier alpha value is -3.33. The molecular formula is C24H22O3. The van der Waals surface area contributed by atoms with E-state index >= 15 is 0 Å². The van der Waals surface area contributed by atoms with Crippen molar-refractivity contribution >= 4 is 11.9 Å². The number of ether oxygens (including phenoxy) is 2. The number of carbonyl (C=O) groups is 1. The Morgan fingerprint density at radius 3 is 2.37 bits per heavy atom. The predicted octanol–water partition coefficient (Wildman–Crippen LogP) is 5.48. The van der Waals surface area contributed by atoms with Gasteiger partial charge in [-0.05, 0) is 36.3 Å². The lowest BCUT2D eigenvalue weighted by Gasteiger charge is -2.11. The summed E-state index contributed by atoms with van der Waals surface area (Å²) in [6.07, 6.45) is 3.36. The number of rotatable bonds is 7. The third kappa shape index (κ3) is 5.08. The summed E-state index contributed by atoms with van der Waals surface area (Å²) >= 11 is 0. The van der Waals surface area contributed by atoms with Crippen LogP contribution in [0.5, 0.6) is 11.5 Å². The molecule has 3 nitrogen and oxygen atoms in total. The monoisotopic (exact) mass is 358 g/mol. The van der Waals surface area contributed by atoms with Crippen molar-refractivity contribution in [3.63, 3.8) is 0 Å². The van der Waals surface area contributed by atoms with E-state index in [1.54, 1.807) is 19.3 Å². The first-order valence-corrected chi connectivity index (χ1v) is 8.79.